The first-order valence-electron chi connectivity index (χ1n) is 3.76. The van der Waals surface area contributed by atoms with Gasteiger partial charge in [0.1, 0.15) is 0 Å². The van der Waals surface area contributed by atoms with Crippen LogP contribution in [0.15, 0.2) is 0 Å². The molecule has 0 saturated carbocycles. The predicted octanol–water partition coefficient (Wildman–Crippen LogP) is 2.69. The second-order valence-corrected chi connectivity index (χ2v) is 2.30. The molecule has 0 saturated heterocycles. The number of rotatable bonds is 3. The summed E-state index contributed by atoms with van der Waals surface area (Å²) in [6, 6.07) is 0. The topological polar surface area (TPSA) is 20.2 Å². The van der Waals surface area contributed by atoms with Crippen molar-refractivity contribution in [3.05, 3.63) is 0 Å². The Bertz CT molecular complexity index is 40.2. The zero-order valence-electron chi connectivity index (χ0n) is 7.15. The zero-order chi connectivity index (χ0) is 7.70. The van der Waals surface area contributed by atoms with Crippen molar-refractivity contribution in [3.63, 3.8) is 0 Å². The van der Waals surface area contributed by atoms with E-state index in [1.54, 1.807) is 0 Å². The van der Waals surface area contributed by atoms with Crippen LogP contribution < -0.4 is 0 Å². The Morgan fingerprint density at radius 1 is 1.33 bits per heavy atom. The molecule has 0 heterocycles. The van der Waals surface area contributed by atoms with Gasteiger partial charge in [0.2, 0.25) is 0 Å². The van der Waals surface area contributed by atoms with Crippen molar-refractivity contribution in [2.75, 3.05) is 7.11 Å². The Labute approximate surface area is 60.6 Å². The van der Waals surface area contributed by atoms with E-state index in [-0.39, 0.29) is 1.43 Å². The molecule has 0 aromatic heterocycles. The van der Waals surface area contributed by atoms with E-state index in [0.717, 1.165) is 13.0 Å². The fourth-order valence-corrected chi connectivity index (χ4v) is 0.697. The van der Waals surface area contributed by atoms with Crippen molar-refractivity contribution in [3.8, 4) is 0 Å². The van der Waals surface area contributed by atoms with Gasteiger partial charge in [0.05, 0.1) is 0 Å². The third kappa shape index (κ3) is 11.5. The molecule has 0 rings (SSSR count). The minimum absolute atomic E-state index is 0. The van der Waals surface area contributed by atoms with Crippen molar-refractivity contribution in [1.29, 1.82) is 0 Å². The third-order valence-electron chi connectivity index (χ3n) is 1.48. The Morgan fingerprint density at radius 3 is 1.89 bits per heavy atom. The first-order valence-corrected chi connectivity index (χ1v) is 3.76. The smallest absolute Gasteiger partial charge is 0.0319 e. The molecular weight excluding hydrogens is 112 g/mol. The van der Waals surface area contributed by atoms with E-state index in [1.165, 1.54) is 19.3 Å². The maximum absolute atomic E-state index is 7.00. The van der Waals surface area contributed by atoms with Gasteiger partial charge in [-0.25, -0.2) is 0 Å². The molecule has 0 aliphatic carbocycles. The van der Waals surface area contributed by atoms with E-state index < -0.39 is 0 Å². The molecule has 0 aromatic rings. The monoisotopic (exact) mass is 134 g/mol. The predicted molar refractivity (Wildman–Crippen MR) is 44.6 cm³/mol. The Hall–Kier alpha value is -0.0400. The van der Waals surface area contributed by atoms with E-state index in [2.05, 4.69) is 20.8 Å². The lowest BCUT2D eigenvalue weighted by molar-refractivity contribution is 0.399. The van der Waals surface area contributed by atoms with E-state index in [9.17, 15) is 0 Å². The van der Waals surface area contributed by atoms with E-state index in [0.29, 0.717) is 0 Å². The standard InChI is InChI=1S/C7H16.CH4O.H2/c1-4-6-7(3)5-2;1-2;/h7H,4-6H2,1-3H3;2H,1H3;1H/t7-;;/m0../s1. The average Bonchev–Trinajstić information content (AvgIpc) is 1.93. The van der Waals surface area contributed by atoms with Crippen molar-refractivity contribution in [1.82, 2.24) is 0 Å². The zero-order valence-corrected chi connectivity index (χ0v) is 7.15. The van der Waals surface area contributed by atoms with Crippen LogP contribution in [0.4, 0.5) is 0 Å². The third-order valence-corrected chi connectivity index (χ3v) is 1.48. The lowest BCUT2D eigenvalue weighted by atomic mass is 10.0. The summed E-state index contributed by atoms with van der Waals surface area (Å²) in [5.74, 6) is 0.949. The van der Waals surface area contributed by atoms with Crippen LogP contribution in [-0.4, -0.2) is 12.2 Å². The van der Waals surface area contributed by atoms with Crippen LogP contribution in [0.1, 0.15) is 41.5 Å². The van der Waals surface area contributed by atoms with Crippen LogP contribution in [0.5, 0.6) is 0 Å². The number of aliphatic hydroxyl groups is 1. The van der Waals surface area contributed by atoms with Crippen molar-refractivity contribution in [2.45, 2.75) is 40.0 Å². The van der Waals surface area contributed by atoms with Crippen LogP contribution in [0.25, 0.3) is 0 Å². The molecule has 0 radical (unpaired) electrons. The number of aliphatic hydroxyl groups excluding tert-OH is 1. The summed E-state index contributed by atoms with van der Waals surface area (Å²) in [6.45, 7) is 6.80. The lowest BCUT2D eigenvalue weighted by Gasteiger charge is -2.02. The summed E-state index contributed by atoms with van der Waals surface area (Å²) in [5, 5.41) is 7.00. The van der Waals surface area contributed by atoms with Crippen molar-refractivity contribution < 1.29 is 6.53 Å². The summed E-state index contributed by atoms with van der Waals surface area (Å²) in [7, 11) is 1.00. The number of hydrogen-bond donors (Lipinski definition) is 1. The highest BCUT2D eigenvalue weighted by atomic mass is 16.2. The SMILES string of the molecule is CCC[C@@H](C)CC.CO.[HH]. The molecule has 9 heavy (non-hydrogen) atoms. The minimum atomic E-state index is 0. The molecule has 0 amide bonds. The maximum atomic E-state index is 7.00. The lowest BCUT2D eigenvalue weighted by Crippen LogP contribution is -1.88. The fraction of sp³-hybridized carbons (Fsp3) is 1.00. The van der Waals surface area contributed by atoms with Gasteiger partial charge in [-0.05, 0) is 5.92 Å². The van der Waals surface area contributed by atoms with Gasteiger partial charge in [0.25, 0.3) is 0 Å². The molecule has 1 nitrogen and oxygen atoms in total. The first-order chi connectivity index (χ1) is 4.31. The highest BCUT2D eigenvalue weighted by molar-refractivity contribution is 4.45. The van der Waals surface area contributed by atoms with Gasteiger partial charge in [-0.1, -0.05) is 40.0 Å². The summed E-state index contributed by atoms with van der Waals surface area (Å²) in [5.41, 5.74) is 0. The van der Waals surface area contributed by atoms with Crippen LogP contribution >= 0.6 is 0 Å². The molecule has 0 spiro atoms. The second kappa shape index (κ2) is 10.9. The molecule has 0 bridgehead atoms. The second-order valence-electron chi connectivity index (χ2n) is 2.30. The van der Waals surface area contributed by atoms with Crippen molar-refractivity contribution >= 4 is 0 Å². The van der Waals surface area contributed by atoms with E-state index in [4.69, 9.17) is 5.11 Å². The van der Waals surface area contributed by atoms with Gasteiger partial charge < -0.3 is 5.11 Å². The normalized spacial score (nSPS) is 11.7. The van der Waals surface area contributed by atoms with Gasteiger partial charge in [0.15, 0.2) is 0 Å². The molecule has 0 aromatic carbocycles. The Kier molecular flexibility index (Phi) is 14.1. The number of hydrogen-bond acceptors (Lipinski definition) is 1. The van der Waals surface area contributed by atoms with Gasteiger partial charge >= 0.3 is 0 Å². The molecule has 0 fully saturated rings. The van der Waals surface area contributed by atoms with E-state index >= 15 is 0 Å². The molecule has 0 aliphatic heterocycles. The fourth-order valence-electron chi connectivity index (χ4n) is 0.697. The van der Waals surface area contributed by atoms with E-state index in [1.807, 2.05) is 0 Å². The highest BCUT2D eigenvalue weighted by Crippen LogP contribution is 2.07. The Morgan fingerprint density at radius 2 is 1.78 bits per heavy atom. The minimum Gasteiger partial charge on any atom is -0.400 e. The molecule has 0 unspecified atom stereocenters. The first kappa shape index (κ1) is 11.7. The highest BCUT2D eigenvalue weighted by Gasteiger charge is 1.92. The maximum Gasteiger partial charge on any atom is 0.0319 e. The van der Waals surface area contributed by atoms with Crippen LogP contribution in [-0.2, 0) is 0 Å². The van der Waals surface area contributed by atoms with Gasteiger partial charge in [-0.2, -0.15) is 0 Å². The van der Waals surface area contributed by atoms with Crippen LogP contribution in [0.3, 0.4) is 0 Å². The molecule has 0 aliphatic rings. The summed E-state index contributed by atoms with van der Waals surface area (Å²) in [6.07, 6.45) is 4.08. The summed E-state index contributed by atoms with van der Waals surface area (Å²) < 4.78 is 0. The van der Waals surface area contributed by atoms with Crippen LogP contribution in [0.2, 0.25) is 0 Å². The van der Waals surface area contributed by atoms with Gasteiger partial charge in [0, 0.05) is 8.54 Å². The molecular formula is C8H22O. The molecule has 1 heteroatoms. The molecule has 1 N–H and O–H groups in total. The Balaban J connectivity index is -0.000000149. The average molecular weight is 134 g/mol. The van der Waals surface area contributed by atoms with Crippen LogP contribution in [0, 0.1) is 5.92 Å². The quantitative estimate of drug-likeness (QED) is 0.629. The van der Waals surface area contributed by atoms with Gasteiger partial charge in [-0.3, -0.25) is 0 Å². The molecule has 1 atom stereocenters. The largest absolute Gasteiger partial charge is 0.400 e. The van der Waals surface area contributed by atoms with Crippen molar-refractivity contribution in [2.24, 2.45) is 5.92 Å². The summed E-state index contributed by atoms with van der Waals surface area (Å²) >= 11 is 0. The van der Waals surface area contributed by atoms with Gasteiger partial charge in [-0.15, -0.1) is 0 Å². The molecule has 60 valence electrons. The summed E-state index contributed by atoms with van der Waals surface area (Å²) in [4.78, 5) is 0.